The number of amides is 1. The Hall–Kier alpha value is -2.73. The zero-order chi connectivity index (χ0) is 21.8. The van der Waals surface area contributed by atoms with E-state index in [0.29, 0.717) is 13.0 Å². The Bertz CT molecular complexity index is 887. The molecule has 1 fully saturated rings. The first kappa shape index (κ1) is 21.5. The van der Waals surface area contributed by atoms with Crippen LogP contribution in [0.5, 0.6) is 11.5 Å². The van der Waals surface area contributed by atoms with Gasteiger partial charge in [0.05, 0.1) is 6.04 Å². The summed E-state index contributed by atoms with van der Waals surface area (Å²) in [6.07, 6.45) is 0.517. The van der Waals surface area contributed by atoms with Crippen LogP contribution in [0.3, 0.4) is 0 Å². The minimum Gasteiger partial charge on any atom is -0.454 e. The van der Waals surface area contributed by atoms with Crippen molar-refractivity contribution >= 4 is 11.6 Å². The van der Waals surface area contributed by atoms with Gasteiger partial charge in [0, 0.05) is 44.8 Å². The van der Waals surface area contributed by atoms with Gasteiger partial charge < -0.3 is 19.7 Å². The number of carbonyl (C=O) groups excluding carboxylic acids is 1. The SMILES string of the molecule is CC(C)(C)CC(=O)NCC(c1ccc2c(c1)OCO2)N1CCN(c2ccccc2)CC1. The minimum atomic E-state index is -0.0281. The molecule has 2 aliphatic rings. The van der Waals surface area contributed by atoms with Crippen LogP contribution in [0.2, 0.25) is 0 Å². The Balaban J connectivity index is 1.47. The van der Waals surface area contributed by atoms with Crippen molar-refractivity contribution in [3.8, 4) is 11.5 Å². The van der Waals surface area contributed by atoms with Gasteiger partial charge in [-0.25, -0.2) is 0 Å². The minimum absolute atomic E-state index is 0.0281. The Morgan fingerprint density at radius 2 is 1.71 bits per heavy atom. The van der Waals surface area contributed by atoms with E-state index in [1.807, 2.05) is 6.07 Å². The number of hydrogen-bond acceptors (Lipinski definition) is 5. The van der Waals surface area contributed by atoms with Crippen molar-refractivity contribution in [2.45, 2.75) is 33.2 Å². The predicted octanol–water partition coefficient (Wildman–Crippen LogP) is 3.83. The predicted molar refractivity (Wildman–Crippen MR) is 123 cm³/mol. The van der Waals surface area contributed by atoms with Gasteiger partial charge in [0.25, 0.3) is 0 Å². The van der Waals surface area contributed by atoms with Crippen molar-refractivity contribution in [3.63, 3.8) is 0 Å². The van der Waals surface area contributed by atoms with Gasteiger partial charge in [-0.15, -0.1) is 0 Å². The molecular formula is C25H33N3O3. The number of benzene rings is 2. The maximum absolute atomic E-state index is 12.5. The van der Waals surface area contributed by atoms with Crippen LogP contribution in [0, 0.1) is 5.41 Å². The fourth-order valence-electron chi connectivity index (χ4n) is 4.26. The second-order valence-electron chi connectivity index (χ2n) is 9.53. The molecule has 1 saturated heterocycles. The topological polar surface area (TPSA) is 54.0 Å². The highest BCUT2D eigenvalue weighted by Crippen LogP contribution is 2.36. The van der Waals surface area contributed by atoms with Crippen LogP contribution in [0.25, 0.3) is 0 Å². The van der Waals surface area contributed by atoms with Crippen molar-refractivity contribution < 1.29 is 14.3 Å². The largest absolute Gasteiger partial charge is 0.454 e. The van der Waals surface area contributed by atoms with Crippen LogP contribution in [0.1, 0.15) is 38.8 Å². The first-order chi connectivity index (χ1) is 14.9. The van der Waals surface area contributed by atoms with E-state index >= 15 is 0 Å². The van der Waals surface area contributed by atoms with Gasteiger partial charge in [-0.3, -0.25) is 9.69 Å². The molecule has 1 amide bonds. The first-order valence-electron chi connectivity index (χ1n) is 11.1. The highest BCUT2D eigenvalue weighted by atomic mass is 16.7. The average molecular weight is 424 g/mol. The van der Waals surface area contributed by atoms with Crippen LogP contribution >= 0.6 is 0 Å². The van der Waals surface area contributed by atoms with Crippen LogP contribution in [0.4, 0.5) is 5.69 Å². The van der Waals surface area contributed by atoms with E-state index in [1.54, 1.807) is 0 Å². The molecule has 1 N–H and O–H groups in total. The number of piperazine rings is 1. The van der Waals surface area contributed by atoms with Crippen molar-refractivity contribution in [3.05, 3.63) is 54.1 Å². The normalized spacial score (nSPS) is 17.5. The van der Waals surface area contributed by atoms with Gasteiger partial charge in [-0.1, -0.05) is 45.0 Å². The van der Waals surface area contributed by atoms with Crippen molar-refractivity contribution in [1.82, 2.24) is 10.2 Å². The van der Waals surface area contributed by atoms with Crippen molar-refractivity contribution in [2.24, 2.45) is 5.41 Å². The molecule has 0 spiro atoms. The quantitative estimate of drug-likeness (QED) is 0.765. The van der Waals surface area contributed by atoms with Crippen LogP contribution < -0.4 is 19.7 Å². The molecule has 6 heteroatoms. The third kappa shape index (κ3) is 5.50. The van der Waals surface area contributed by atoms with Gasteiger partial charge in [-0.2, -0.15) is 0 Å². The molecule has 2 aliphatic heterocycles. The Morgan fingerprint density at radius 3 is 2.42 bits per heavy atom. The van der Waals surface area contributed by atoms with E-state index < -0.39 is 0 Å². The molecule has 1 unspecified atom stereocenters. The number of fused-ring (bicyclic) bond motifs is 1. The number of anilines is 1. The number of rotatable bonds is 6. The highest BCUT2D eigenvalue weighted by molar-refractivity contribution is 5.76. The molecule has 6 nitrogen and oxygen atoms in total. The number of nitrogens with zero attached hydrogens (tertiary/aromatic N) is 2. The van der Waals surface area contributed by atoms with Gasteiger partial charge in [0.2, 0.25) is 12.7 Å². The standard InChI is InChI=1S/C25H33N3O3/c1-25(2,3)16-24(29)26-17-21(19-9-10-22-23(15-19)31-18-30-22)28-13-11-27(12-14-28)20-7-5-4-6-8-20/h4-10,15,21H,11-14,16-18H2,1-3H3,(H,26,29). The molecule has 4 rings (SSSR count). The summed E-state index contributed by atoms with van der Waals surface area (Å²) in [5.41, 5.74) is 2.38. The zero-order valence-corrected chi connectivity index (χ0v) is 18.8. The van der Waals surface area contributed by atoms with E-state index in [1.165, 1.54) is 5.69 Å². The number of para-hydroxylation sites is 1. The lowest BCUT2D eigenvalue weighted by Crippen LogP contribution is -2.50. The maximum atomic E-state index is 12.5. The maximum Gasteiger partial charge on any atom is 0.231 e. The molecule has 0 aromatic heterocycles. The third-order valence-corrected chi connectivity index (χ3v) is 5.84. The van der Waals surface area contributed by atoms with E-state index in [9.17, 15) is 4.79 Å². The van der Waals surface area contributed by atoms with Crippen LogP contribution in [-0.2, 0) is 4.79 Å². The molecule has 0 bridgehead atoms. The highest BCUT2D eigenvalue weighted by Gasteiger charge is 2.28. The van der Waals surface area contributed by atoms with Crippen molar-refractivity contribution in [2.75, 3.05) is 44.4 Å². The van der Waals surface area contributed by atoms with Gasteiger partial charge in [-0.05, 0) is 35.2 Å². The lowest BCUT2D eigenvalue weighted by molar-refractivity contribution is -0.123. The molecule has 0 aliphatic carbocycles. The average Bonchev–Trinajstić information content (AvgIpc) is 3.22. The summed E-state index contributed by atoms with van der Waals surface area (Å²) in [6.45, 7) is 10.9. The lowest BCUT2D eigenvalue weighted by atomic mass is 9.92. The fourth-order valence-corrected chi connectivity index (χ4v) is 4.26. The monoisotopic (exact) mass is 423 g/mol. The van der Waals surface area contributed by atoms with E-state index in [0.717, 1.165) is 43.2 Å². The van der Waals surface area contributed by atoms with Crippen LogP contribution in [0.15, 0.2) is 48.5 Å². The second-order valence-corrected chi connectivity index (χ2v) is 9.53. The zero-order valence-electron chi connectivity index (χ0n) is 18.8. The number of carbonyl (C=O) groups is 1. The molecule has 0 saturated carbocycles. The summed E-state index contributed by atoms with van der Waals surface area (Å²) in [5.74, 6) is 1.67. The molecule has 2 aromatic rings. The second kappa shape index (κ2) is 9.18. The Labute approximate surface area is 185 Å². The lowest BCUT2D eigenvalue weighted by Gasteiger charge is -2.40. The molecule has 2 aromatic carbocycles. The van der Waals surface area contributed by atoms with Gasteiger partial charge >= 0.3 is 0 Å². The summed E-state index contributed by atoms with van der Waals surface area (Å²) >= 11 is 0. The molecule has 166 valence electrons. The Morgan fingerprint density at radius 1 is 1.00 bits per heavy atom. The molecule has 1 atom stereocenters. The number of nitrogens with one attached hydrogen (secondary N) is 1. The third-order valence-electron chi connectivity index (χ3n) is 5.84. The summed E-state index contributed by atoms with van der Waals surface area (Å²) in [7, 11) is 0. The number of ether oxygens (including phenoxy) is 2. The summed E-state index contributed by atoms with van der Waals surface area (Å²) in [6, 6.07) is 16.8. The molecular weight excluding hydrogens is 390 g/mol. The van der Waals surface area contributed by atoms with E-state index in [2.05, 4.69) is 78.4 Å². The fraction of sp³-hybridized carbons (Fsp3) is 0.480. The first-order valence-corrected chi connectivity index (χ1v) is 11.1. The molecule has 0 radical (unpaired) electrons. The molecule has 2 heterocycles. The van der Waals surface area contributed by atoms with E-state index in [-0.39, 0.29) is 24.2 Å². The summed E-state index contributed by atoms with van der Waals surface area (Å²) < 4.78 is 11.1. The van der Waals surface area contributed by atoms with Gasteiger partial charge in [0.1, 0.15) is 0 Å². The van der Waals surface area contributed by atoms with Gasteiger partial charge in [0.15, 0.2) is 11.5 Å². The smallest absolute Gasteiger partial charge is 0.231 e. The number of hydrogen-bond donors (Lipinski definition) is 1. The summed E-state index contributed by atoms with van der Waals surface area (Å²) in [5, 5.41) is 3.18. The summed E-state index contributed by atoms with van der Waals surface area (Å²) in [4.78, 5) is 17.4. The Kier molecular flexibility index (Phi) is 6.37. The van der Waals surface area contributed by atoms with Crippen molar-refractivity contribution in [1.29, 1.82) is 0 Å². The molecule has 31 heavy (non-hydrogen) atoms. The van der Waals surface area contributed by atoms with E-state index in [4.69, 9.17) is 9.47 Å². The van der Waals surface area contributed by atoms with Crippen LogP contribution in [-0.4, -0.2) is 50.3 Å².